The van der Waals surface area contributed by atoms with Crippen LogP contribution in [0.1, 0.15) is 25.3 Å². The molecule has 0 atom stereocenters. The second kappa shape index (κ2) is 7.67. The number of anilines is 2. The lowest BCUT2D eigenvalue weighted by molar-refractivity contribution is 0.555. The summed E-state index contributed by atoms with van der Waals surface area (Å²) in [4.78, 5) is -0.794. The van der Waals surface area contributed by atoms with Crippen LogP contribution in [0.3, 0.4) is 0 Å². The highest BCUT2D eigenvalue weighted by molar-refractivity contribution is 7.93. The number of nitrogens with one attached hydrogen (secondary N) is 1. The van der Waals surface area contributed by atoms with Crippen molar-refractivity contribution in [2.75, 3.05) is 21.3 Å². The van der Waals surface area contributed by atoms with E-state index in [1.807, 2.05) is 0 Å². The number of hydrogen-bond donors (Lipinski definition) is 1. The van der Waals surface area contributed by atoms with Crippen molar-refractivity contribution in [3.63, 3.8) is 0 Å². The lowest BCUT2D eigenvalue weighted by Crippen LogP contribution is -2.37. The van der Waals surface area contributed by atoms with Crippen molar-refractivity contribution < 1.29 is 25.6 Å². The Morgan fingerprint density at radius 2 is 1.82 bits per heavy atom. The second-order valence-electron chi connectivity index (χ2n) is 6.52. The molecule has 0 spiro atoms. The summed E-state index contributed by atoms with van der Waals surface area (Å²) in [6, 6.07) is 6.65. The highest BCUT2D eigenvalue weighted by Gasteiger charge is 2.27. The van der Waals surface area contributed by atoms with Crippen LogP contribution in [0, 0.1) is 11.6 Å². The summed E-state index contributed by atoms with van der Waals surface area (Å²) in [5, 5.41) is 0. The number of hydrogen-bond acceptors (Lipinski definition) is 4. The third-order valence-corrected chi connectivity index (χ3v) is 7.76. The van der Waals surface area contributed by atoms with Gasteiger partial charge in [-0.3, -0.25) is 9.03 Å². The molecule has 3 rings (SSSR count). The maximum Gasteiger partial charge on any atom is 0.264 e. The van der Waals surface area contributed by atoms with Gasteiger partial charge in [0.05, 0.1) is 11.4 Å². The molecule has 152 valence electrons. The van der Waals surface area contributed by atoms with Gasteiger partial charge in [-0.15, -0.1) is 0 Å². The van der Waals surface area contributed by atoms with Crippen LogP contribution in [0.25, 0.3) is 0 Å². The monoisotopic (exact) mass is 430 g/mol. The number of halogens is 2. The highest BCUT2D eigenvalue weighted by Crippen LogP contribution is 2.32. The van der Waals surface area contributed by atoms with Crippen molar-refractivity contribution in [1.29, 1.82) is 0 Å². The van der Waals surface area contributed by atoms with Crippen molar-refractivity contribution in [2.24, 2.45) is 0 Å². The van der Waals surface area contributed by atoms with Gasteiger partial charge in [0.2, 0.25) is 10.0 Å². The van der Waals surface area contributed by atoms with Gasteiger partial charge in [0.15, 0.2) is 0 Å². The Balaban J connectivity index is 1.93. The summed E-state index contributed by atoms with van der Waals surface area (Å²) >= 11 is 0. The third kappa shape index (κ3) is 4.12. The fourth-order valence-corrected chi connectivity index (χ4v) is 5.94. The van der Waals surface area contributed by atoms with Gasteiger partial charge in [-0.05, 0) is 61.2 Å². The van der Waals surface area contributed by atoms with Crippen molar-refractivity contribution in [2.45, 2.75) is 31.1 Å². The van der Waals surface area contributed by atoms with E-state index in [1.165, 1.54) is 22.5 Å². The Hall–Kier alpha value is -2.20. The fourth-order valence-electron chi connectivity index (χ4n) is 3.18. The molecule has 0 saturated heterocycles. The smallest absolute Gasteiger partial charge is 0.264 e. The van der Waals surface area contributed by atoms with E-state index in [4.69, 9.17) is 0 Å². The largest absolute Gasteiger partial charge is 0.280 e. The molecule has 0 aromatic heterocycles. The topological polar surface area (TPSA) is 83.6 Å². The molecule has 0 radical (unpaired) electrons. The molecule has 0 bridgehead atoms. The van der Waals surface area contributed by atoms with Crippen LogP contribution in [-0.4, -0.2) is 29.1 Å². The summed E-state index contributed by atoms with van der Waals surface area (Å²) in [7, 11) is -7.79. The van der Waals surface area contributed by atoms with Gasteiger partial charge < -0.3 is 0 Å². The molecule has 0 fully saturated rings. The zero-order chi connectivity index (χ0) is 20.5. The molecular formula is C18H20F2N2O4S2. The molecule has 0 aliphatic carbocycles. The van der Waals surface area contributed by atoms with Crippen LogP contribution in [0.15, 0.2) is 41.3 Å². The molecule has 1 heterocycles. The lowest BCUT2D eigenvalue weighted by atomic mass is 10.0. The van der Waals surface area contributed by atoms with Crippen LogP contribution in [0.2, 0.25) is 0 Å². The molecule has 2 aromatic rings. The van der Waals surface area contributed by atoms with Crippen molar-refractivity contribution >= 4 is 31.4 Å². The van der Waals surface area contributed by atoms with Gasteiger partial charge in [-0.25, -0.2) is 25.6 Å². The predicted octanol–water partition coefficient (Wildman–Crippen LogP) is 3.26. The molecule has 0 amide bonds. The predicted molar refractivity (Wildman–Crippen MR) is 103 cm³/mol. The SMILES string of the molecule is CCCS(=O)(=O)N1CCCc2cc(NS(=O)(=O)c3cc(F)ccc3F)ccc21. The Morgan fingerprint density at radius 1 is 1.07 bits per heavy atom. The molecule has 0 unspecified atom stereocenters. The van der Waals surface area contributed by atoms with Crippen LogP contribution < -0.4 is 9.03 Å². The highest BCUT2D eigenvalue weighted by atomic mass is 32.2. The van der Waals surface area contributed by atoms with E-state index < -0.39 is 36.6 Å². The zero-order valence-corrected chi connectivity index (χ0v) is 16.8. The van der Waals surface area contributed by atoms with Gasteiger partial charge in [-0.1, -0.05) is 6.92 Å². The molecular weight excluding hydrogens is 410 g/mol. The minimum atomic E-state index is -4.34. The molecule has 10 heteroatoms. The molecule has 1 aliphatic rings. The number of sulfonamides is 2. The summed E-state index contributed by atoms with van der Waals surface area (Å²) in [6.07, 6.45) is 1.67. The van der Waals surface area contributed by atoms with Crippen LogP contribution >= 0.6 is 0 Å². The first-order valence-corrected chi connectivity index (χ1v) is 11.8. The number of benzene rings is 2. The maximum absolute atomic E-state index is 13.8. The van der Waals surface area contributed by atoms with Gasteiger partial charge in [0.1, 0.15) is 16.5 Å². The standard InChI is InChI=1S/C18H20F2N2O4S2/c1-2-10-27(23,24)22-9-3-4-13-11-15(6-8-17(13)22)21-28(25,26)18-12-14(19)5-7-16(18)20/h5-8,11-12,21H,2-4,9-10H2,1H3. The lowest BCUT2D eigenvalue weighted by Gasteiger charge is -2.30. The number of aryl methyl sites for hydroxylation is 1. The van der Waals surface area contributed by atoms with Crippen molar-refractivity contribution in [3.05, 3.63) is 53.6 Å². The minimum absolute atomic E-state index is 0.0274. The Bertz CT molecular complexity index is 1100. The van der Waals surface area contributed by atoms with E-state index >= 15 is 0 Å². The zero-order valence-electron chi connectivity index (χ0n) is 15.2. The van der Waals surface area contributed by atoms with Crippen LogP contribution in [-0.2, 0) is 26.5 Å². The van der Waals surface area contributed by atoms with E-state index in [1.54, 1.807) is 6.92 Å². The Labute approximate surface area is 163 Å². The molecule has 28 heavy (non-hydrogen) atoms. The molecule has 6 nitrogen and oxygen atoms in total. The van der Waals surface area contributed by atoms with Crippen LogP contribution in [0.4, 0.5) is 20.2 Å². The van der Waals surface area contributed by atoms with E-state index in [-0.39, 0.29) is 11.4 Å². The van der Waals surface area contributed by atoms with E-state index in [9.17, 15) is 25.6 Å². The summed E-state index contributed by atoms with van der Waals surface area (Å²) < 4.78 is 80.5. The molecule has 1 aliphatic heterocycles. The van der Waals surface area contributed by atoms with Gasteiger partial charge in [-0.2, -0.15) is 0 Å². The van der Waals surface area contributed by atoms with Crippen molar-refractivity contribution in [1.82, 2.24) is 0 Å². The van der Waals surface area contributed by atoms with Gasteiger partial charge >= 0.3 is 0 Å². The van der Waals surface area contributed by atoms with Gasteiger partial charge in [0, 0.05) is 12.2 Å². The third-order valence-electron chi connectivity index (χ3n) is 4.39. The molecule has 2 aromatic carbocycles. The van der Waals surface area contributed by atoms with E-state index in [2.05, 4.69) is 4.72 Å². The fraction of sp³-hybridized carbons (Fsp3) is 0.333. The van der Waals surface area contributed by atoms with Crippen LogP contribution in [0.5, 0.6) is 0 Å². The minimum Gasteiger partial charge on any atom is -0.280 e. The first-order chi connectivity index (χ1) is 13.1. The average molecular weight is 430 g/mol. The number of fused-ring (bicyclic) bond motifs is 1. The summed E-state index contributed by atoms with van der Waals surface area (Å²) in [6.45, 7) is 2.15. The first kappa shape index (κ1) is 20.5. The quantitative estimate of drug-likeness (QED) is 0.763. The molecule has 1 N–H and O–H groups in total. The van der Waals surface area contributed by atoms with Crippen molar-refractivity contribution in [3.8, 4) is 0 Å². The molecule has 0 saturated carbocycles. The maximum atomic E-state index is 13.8. The number of nitrogens with zero attached hydrogens (tertiary/aromatic N) is 1. The second-order valence-corrected chi connectivity index (χ2v) is 10.2. The Kier molecular flexibility index (Phi) is 5.62. The summed E-state index contributed by atoms with van der Waals surface area (Å²) in [5.74, 6) is -1.91. The van der Waals surface area contributed by atoms with E-state index in [0.29, 0.717) is 43.1 Å². The average Bonchev–Trinajstić information content (AvgIpc) is 2.62. The normalized spacial score (nSPS) is 14.6. The van der Waals surface area contributed by atoms with E-state index in [0.717, 1.165) is 12.1 Å². The van der Waals surface area contributed by atoms with Gasteiger partial charge in [0.25, 0.3) is 10.0 Å². The number of rotatable bonds is 6. The summed E-state index contributed by atoms with van der Waals surface area (Å²) in [5.41, 5.74) is 1.34. The Morgan fingerprint density at radius 3 is 2.54 bits per heavy atom. The first-order valence-electron chi connectivity index (χ1n) is 8.75.